The monoisotopic (exact) mass is 448 g/mol. The maximum absolute atomic E-state index is 13.3. The van der Waals surface area contributed by atoms with E-state index < -0.39 is 10.0 Å². The lowest BCUT2D eigenvalue weighted by Gasteiger charge is -2.22. The van der Waals surface area contributed by atoms with Crippen LogP contribution in [0.4, 0.5) is 0 Å². The predicted molar refractivity (Wildman–Crippen MR) is 119 cm³/mol. The van der Waals surface area contributed by atoms with Crippen LogP contribution in [0.25, 0.3) is 0 Å². The van der Waals surface area contributed by atoms with Gasteiger partial charge in [-0.1, -0.05) is 53.5 Å². The summed E-state index contributed by atoms with van der Waals surface area (Å²) in [7, 11) is -3.86. The van der Waals surface area contributed by atoms with Crippen LogP contribution in [-0.2, 0) is 23.1 Å². The Balaban J connectivity index is 1.92. The Morgan fingerprint density at radius 3 is 2.59 bits per heavy atom. The molecule has 0 N–H and O–H groups in total. The van der Waals surface area contributed by atoms with Gasteiger partial charge in [0, 0.05) is 30.0 Å². The Hall–Kier alpha value is -2.05. The van der Waals surface area contributed by atoms with E-state index in [0.29, 0.717) is 11.6 Å². The molecule has 29 heavy (non-hydrogen) atoms. The van der Waals surface area contributed by atoms with Crippen molar-refractivity contribution in [1.29, 1.82) is 0 Å². The summed E-state index contributed by atoms with van der Waals surface area (Å²) in [6.07, 6.45) is 3.51. The van der Waals surface area contributed by atoms with Crippen LogP contribution in [0.5, 0.6) is 0 Å². The van der Waals surface area contributed by atoms with Gasteiger partial charge in [0.15, 0.2) is 0 Å². The molecule has 0 aliphatic rings. The van der Waals surface area contributed by atoms with E-state index in [9.17, 15) is 8.42 Å². The minimum atomic E-state index is -3.86. The highest BCUT2D eigenvalue weighted by Gasteiger charge is 2.27. The zero-order valence-electron chi connectivity index (χ0n) is 16.1. The number of aryl methyl sites for hydroxylation is 1. The van der Waals surface area contributed by atoms with Gasteiger partial charge in [0.25, 0.3) is 0 Å². The SMILES string of the molecule is C=CCN(Cc1cccn1Cc1ccccc1C)S(=O)(=O)c1cc(Cl)ccc1Cl. The van der Waals surface area contributed by atoms with E-state index in [-0.39, 0.29) is 23.0 Å². The van der Waals surface area contributed by atoms with E-state index in [2.05, 4.69) is 25.6 Å². The van der Waals surface area contributed by atoms with Crippen molar-refractivity contribution in [3.63, 3.8) is 0 Å². The minimum Gasteiger partial charge on any atom is -0.346 e. The third-order valence-electron chi connectivity index (χ3n) is 4.71. The summed E-state index contributed by atoms with van der Waals surface area (Å²) in [5.74, 6) is 0. The fourth-order valence-corrected chi connectivity index (χ4v) is 5.22. The highest BCUT2D eigenvalue weighted by molar-refractivity contribution is 7.89. The molecule has 2 aromatic carbocycles. The standard InChI is InChI=1S/C22H22Cl2N2O2S/c1-3-12-26(29(27,28)22-14-19(23)10-11-21(22)24)16-20-9-6-13-25(20)15-18-8-5-4-7-17(18)2/h3-11,13-14H,1,12,15-16H2,2H3. The maximum Gasteiger partial charge on any atom is 0.245 e. The lowest BCUT2D eigenvalue weighted by molar-refractivity contribution is 0.427. The molecule has 3 aromatic rings. The van der Waals surface area contributed by atoms with Crippen LogP contribution in [0, 0.1) is 6.92 Å². The number of hydrogen-bond donors (Lipinski definition) is 0. The fourth-order valence-electron chi connectivity index (χ4n) is 3.10. The lowest BCUT2D eigenvalue weighted by atomic mass is 10.1. The van der Waals surface area contributed by atoms with Gasteiger partial charge in [0.05, 0.1) is 11.6 Å². The first-order valence-corrected chi connectivity index (χ1v) is 11.3. The molecule has 1 heterocycles. The van der Waals surface area contributed by atoms with E-state index in [4.69, 9.17) is 23.2 Å². The molecule has 0 amide bonds. The van der Waals surface area contributed by atoms with Gasteiger partial charge in [-0.2, -0.15) is 4.31 Å². The number of benzene rings is 2. The number of sulfonamides is 1. The second-order valence-electron chi connectivity index (χ2n) is 6.71. The summed E-state index contributed by atoms with van der Waals surface area (Å²) >= 11 is 12.2. The molecular weight excluding hydrogens is 427 g/mol. The van der Waals surface area contributed by atoms with E-state index in [1.807, 2.05) is 35.0 Å². The number of hydrogen-bond acceptors (Lipinski definition) is 2. The first-order valence-electron chi connectivity index (χ1n) is 9.07. The van der Waals surface area contributed by atoms with Crippen LogP contribution in [0.1, 0.15) is 16.8 Å². The van der Waals surface area contributed by atoms with Gasteiger partial charge < -0.3 is 4.57 Å². The normalized spacial score (nSPS) is 11.7. The van der Waals surface area contributed by atoms with Crippen LogP contribution in [0.2, 0.25) is 10.0 Å². The zero-order valence-corrected chi connectivity index (χ0v) is 18.4. The fraction of sp³-hybridized carbons (Fsp3) is 0.182. The molecule has 0 radical (unpaired) electrons. The molecule has 0 saturated carbocycles. The topological polar surface area (TPSA) is 42.3 Å². The number of aromatic nitrogens is 1. The van der Waals surface area contributed by atoms with E-state index in [0.717, 1.165) is 5.69 Å². The smallest absolute Gasteiger partial charge is 0.245 e. The molecule has 3 rings (SSSR count). The second-order valence-corrected chi connectivity index (χ2v) is 9.46. The van der Waals surface area contributed by atoms with E-state index in [1.54, 1.807) is 12.1 Å². The number of halogens is 2. The Bertz CT molecular complexity index is 1120. The van der Waals surface area contributed by atoms with Crippen molar-refractivity contribution in [2.75, 3.05) is 6.54 Å². The third kappa shape index (κ3) is 4.93. The Kier molecular flexibility index (Phi) is 6.85. The van der Waals surface area contributed by atoms with Crippen LogP contribution in [0.15, 0.2) is 78.3 Å². The van der Waals surface area contributed by atoms with Crippen molar-refractivity contribution >= 4 is 33.2 Å². The summed E-state index contributed by atoms with van der Waals surface area (Å²) in [5, 5.41) is 0.452. The van der Waals surface area contributed by atoms with Gasteiger partial charge in [0.2, 0.25) is 10.0 Å². The molecule has 0 saturated heterocycles. The van der Waals surface area contributed by atoms with Crippen LogP contribution < -0.4 is 0 Å². The Morgan fingerprint density at radius 1 is 1.10 bits per heavy atom. The van der Waals surface area contributed by atoms with Crippen molar-refractivity contribution in [2.24, 2.45) is 0 Å². The summed E-state index contributed by atoms with van der Waals surface area (Å²) in [6, 6.07) is 16.4. The first kappa shape index (κ1) is 21.7. The molecule has 4 nitrogen and oxygen atoms in total. The third-order valence-corrected chi connectivity index (χ3v) is 7.24. The Labute approximate surface area is 182 Å². The largest absolute Gasteiger partial charge is 0.346 e. The molecule has 0 atom stereocenters. The lowest BCUT2D eigenvalue weighted by Crippen LogP contribution is -2.32. The van der Waals surface area contributed by atoms with Crippen molar-refractivity contribution in [3.05, 3.63) is 100 Å². The molecule has 1 aromatic heterocycles. The molecule has 0 unspecified atom stereocenters. The zero-order chi connectivity index (χ0) is 21.0. The molecule has 0 bridgehead atoms. The second kappa shape index (κ2) is 9.18. The minimum absolute atomic E-state index is 0.00877. The molecule has 0 aliphatic carbocycles. The molecule has 152 valence electrons. The molecule has 7 heteroatoms. The summed E-state index contributed by atoms with van der Waals surface area (Å²) < 4.78 is 29.9. The summed E-state index contributed by atoms with van der Waals surface area (Å²) in [6.45, 7) is 6.78. The van der Waals surface area contributed by atoms with Crippen molar-refractivity contribution in [1.82, 2.24) is 8.87 Å². The van der Waals surface area contributed by atoms with Crippen LogP contribution in [-0.4, -0.2) is 23.8 Å². The average Bonchev–Trinajstić information content (AvgIpc) is 3.12. The Morgan fingerprint density at radius 2 is 1.86 bits per heavy atom. The molecule has 0 aliphatic heterocycles. The highest BCUT2D eigenvalue weighted by Crippen LogP contribution is 2.28. The molecule has 0 spiro atoms. The van der Waals surface area contributed by atoms with Crippen molar-refractivity contribution in [2.45, 2.75) is 24.9 Å². The van der Waals surface area contributed by atoms with Crippen molar-refractivity contribution < 1.29 is 8.42 Å². The first-order chi connectivity index (χ1) is 13.8. The van der Waals surface area contributed by atoms with Gasteiger partial charge in [-0.25, -0.2) is 8.42 Å². The molecule has 0 fully saturated rings. The van der Waals surface area contributed by atoms with Crippen LogP contribution >= 0.6 is 23.2 Å². The van der Waals surface area contributed by atoms with Crippen molar-refractivity contribution in [3.8, 4) is 0 Å². The number of rotatable bonds is 8. The quantitative estimate of drug-likeness (QED) is 0.425. The van der Waals surface area contributed by atoms with Gasteiger partial charge in [0.1, 0.15) is 4.90 Å². The van der Waals surface area contributed by atoms with Gasteiger partial charge in [-0.3, -0.25) is 0 Å². The predicted octanol–water partition coefficient (Wildman–Crippen LogP) is 5.53. The van der Waals surface area contributed by atoms with Gasteiger partial charge >= 0.3 is 0 Å². The van der Waals surface area contributed by atoms with Gasteiger partial charge in [-0.15, -0.1) is 6.58 Å². The molecular formula is C22H22Cl2N2O2S. The average molecular weight is 449 g/mol. The van der Waals surface area contributed by atoms with Gasteiger partial charge in [-0.05, 0) is 48.4 Å². The highest BCUT2D eigenvalue weighted by atomic mass is 35.5. The van der Waals surface area contributed by atoms with E-state index >= 15 is 0 Å². The summed E-state index contributed by atoms with van der Waals surface area (Å²) in [5.41, 5.74) is 3.24. The van der Waals surface area contributed by atoms with Crippen LogP contribution in [0.3, 0.4) is 0 Å². The maximum atomic E-state index is 13.3. The summed E-state index contributed by atoms with van der Waals surface area (Å²) in [4.78, 5) is -0.00877. The van der Waals surface area contributed by atoms with E-state index in [1.165, 1.54) is 27.6 Å². The number of nitrogens with zero attached hydrogens (tertiary/aromatic N) is 2.